The summed E-state index contributed by atoms with van der Waals surface area (Å²) in [5.74, 6) is -3.54. The molecule has 1 heterocycles. The Morgan fingerprint density at radius 1 is 0.918 bits per heavy atom. The lowest BCUT2D eigenvalue weighted by Crippen LogP contribution is -2.65. The fraction of sp³-hybridized carbons (Fsp3) is 0.571. The van der Waals surface area contributed by atoms with E-state index in [1.165, 1.54) is 7.11 Å². The largest absolute Gasteiger partial charge is 0.496 e. The number of nitrogens with one attached hydrogen (secondary N) is 8. The molecule has 0 aromatic heterocycles. The smallest absolute Gasteiger partial charge is 0.264 e. The third-order valence-corrected chi connectivity index (χ3v) is 12.4. The number of amides is 5. The number of hydrogen-bond donors (Lipinski definition) is 9. The first-order chi connectivity index (χ1) is 28.6. The van der Waals surface area contributed by atoms with Gasteiger partial charge in [-0.1, -0.05) is 49.6 Å². The Bertz CT molecular complexity index is 2030. The number of aliphatic hydroxyl groups excluding tert-OH is 1. The monoisotopic (exact) mass is 870 g/mol. The Morgan fingerprint density at radius 2 is 1.59 bits per heavy atom. The fourth-order valence-corrected chi connectivity index (χ4v) is 9.08. The predicted molar refractivity (Wildman–Crippen MR) is 227 cm³/mol. The maximum atomic E-state index is 14.3. The van der Waals surface area contributed by atoms with Crippen molar-refractivity contribution in [2.24, 2.45) is 0 Å². The first-order valence-electron chi connectivity index (χ1n) is 20.5. The van der Waals surface area contributed by atoms with Gasteiger partial charge in [-0.25, -0.2) is 13.1 Å². The summed E-state index contributed by atoms with van der Waals surface area (Å²) in [5, 5.41) is 35.3. The van der Waals surface area contributed by atoms with Gasteiger partial charge in [0.05, 0.1) is 24.2 Å². The molecule has 1 aliphatic heterocycles. The van der Waals surface area contributed by atoms with Gasteiger partial charge < -0.3 is 46.5 Å². The average Bonchev–Trinajstić information content (AvgIpc) is 3.18. The molecule has 0 unspecified atom stereocenters. The zero-order valence-corrected chi connectivity index (χ0v) is 36.9. The van der Waals surface area contributed by atoms with Crippen LogP contribution in [0, 0.1) is 26.2 Å². The lowest BCUT2D eigenvalue weighted by molar-refractivity contribution is -0.173. The first-order valence-corrected chi connectivity index (χ1v) is 22.0. The van der Waals surface area contributed by atoms with Gasteiger partial charge in [0.2, 0.25) is 35.5 Å². The van der Waals surface area contributed by atoms with E-state index in [0.29, 0.717) is 40.8 Å². The van der Waals surface area contributed by atoms with Crippen molar-refractivity contribution in [3.63, 3.8) is 0 Å². The van der Waals surface area contributed by atoms with Crippen molar-refractivity contribution in [1.82, 2.24) is 36.6 Å². The molecule has 4 atom stereocenters. The molecule has 2 fully saturated rings. The molecule has 1 spiro atoms. The van der Waals surface area contributed by atoms with Crippen molar-refractivity contribution in [3.05, 3.63) is 58.7 Å². The third kappa shape index (κ3) is 13.6. The number of aryl methyl sites for hydroxylation is 1. The summed E-state index contributed by atoms with van der Waals surface area (Å²) in [6, 6.07) is 6.74. The van der Waals surface area contributed by atoms with Gasteiger partial charge in [-0.3, -0.25) is 29.4 Å². The highest BCUT2D eigenvalue weighted by Gasteiger charge is 2.44. The molecule has 0 radical (unpaired) electrons. The number of rotatable bonds is 12. The lowest BCUT2D eigenvalue weighted by atomic mass is 9.80. The van der Waals surface area contributed by atoms with Crippen molar-refractivity contribution in [2.45, 2.75) is 140 Å². The van der Waals surface area contributed by atoms with E-state index in [2.05, 4.69) is 36.6 Å². The van der Waals surface area contributed by atoms with Gasteiger partial charge in [-0.15, -0.1) is 0 Å². The molecular formula is C42H62N8O10S. The number of sulfonamides is 1. The quantitative estimate of drug-likeness (QED) is 0.0637. The van der Waals surface area contributed by atoms with E-state index >= 15 is 0 Å². The summed E-state index contributed by atoms with van der Waals surface area (Å²) in [7, 11) is -2.68. The fourth-order valence-electron chi connectivity index (χ4n) is 7.60. The maximum Gasteiger partial charge on any atom is 0.264 e. The van der Waals surface area contributed by atoms with Gasteiger partial charge in [0, 0.05) is 19.4 Å². The van der Waals surface area contributed by atoms with Crippen LogP contribution in [-0.2, 0) is 45.2 Å². The van der Waals surface area contributed by atoms with E-state index in [1.807, 2.05) is 6.07 Å². The Balaban J connectivity index is 1.57. The van der Waals surface area contributed by atoms with Crippen LogP contribution < -0.4 is 41.4 Å². The molecule has 4 rings (SSSR count). The van der Waals surface area contributed by atoms with Crippen LogP contribution in [-0.4, -0.2) is 105 Å². The van der Waals surface area contributed by atoms with E-state index in [-0.39, 0.29) is 50.0 Å². The van der Waals surface area contributed by atoms with Gasteiger partial charge in [0.15, 0.2) is 6.29 Å². The average molecular weight is 871 g/mol. The molecule has 2 aromatic carbocycles. The highest BCUT2D eigenvalue weighted by Crippen LogP contribution is 2.31. The van der Waals surface area contributed by atoms with Crippen LogP contribution in [0.4, 0.5) is 0 Å². The lowest BCUT2D eigenvalue weighted by Gasteiger charge is -2.38. The number of guanidine groups is 1. The number of aliphatic hydroxyl groups is 1. The Morgan fingerprint density at radius 3 is 2.23 bits per heavy atom. The minimum atomic E-state index is -4.18. The standard InChI is InChI=1S/C42H62N8O10S/c1-25-21-32(59-7)26(2)27(3)35(25)61(57,58)50-40(43)44-20-14-17-29-36(53)45-24-33(51)46-31(23-34(52)60-41(4,5)6)37(54)47-30(22-28-15-10-8-11-16-28)38(55)49-42(39(56)48-29)18-12-9-13-19-42/h8,10-11,15-16,21,29-31,34,52H,9,12-14,17-20,22-24H2,1-7H3,(H,45,53)(H,46,51)(H,47,54)(H,48,56)(H,49,55)(H3,43,44,50)/t29-,30+,31-,34+/m0/s1. The number of carbonyl (C=O) groups excluding carboxylic acids is 5. The summed E-state index contributed by atoms with van der Waals surface area (Å²) in [5.41, 5.74) is 0.0219. The maximum absolute atomic E-state index is 14.3. The highest BCUT2D eigenvalue weighted by molar-refractivity contribution is 7.90. The van der Waals surface area contributed by atoms with E-state index < -0.39 is 87.6 Å². The zero-order valence-electron chi connectivity index (χ0n) is 36.1. The van der Waals surface area contributed by atoms with E-state index in [1.54, 1.807) is 71.9 Å². The van der Waals surface area contributed by atoms with Crippen LogP contribution in [0.1, 0.15) is 94.4 Å². The van der Waals surface area contributed by atoms with Crippen molar-refractivity contribution >= 4 is 45.5 Å². The zero-order chi connectivity index (χ0) is 45.1. The molecule has 61 heavy (non-hydrogen) atoms. The molecule has 1 saturated carbocycles. The summed E-state index contributed by atoms with van der Waals surface area (Å²) in [4.78, 5) is 69.5. The number of methoxy groups -OCH3 is 1. The van der Waals surface area contributed by atoms with Gasteiger partial charge >= 0.3 is 0 Å². The molecule has 9 N–H and O–H groups in total. The topological polar surface area (TPSA) is 266 Å². The van der Waals surface area contributed by atoms with Crippen LogP contribution in [0.25, 0.3) is 0 Å². The third-order valence-electron chi connectivity index (χ3n) is 10.7. The summed E-state index contributed by atoms with van der Waals surface area (Å²) in [6.45, 7) is 9.56. The summed E-state index contributed by atoms with van der Waals surface area (Å²) < 4.78 is 39.9. The van der Waals surface area contributed by atoms with Crippen molar-refractivity contribution < 1.29 is 47.0 Å². The van der Waals surface area contributed by atoms with Crippen LogP contribution in [0.2, 0.25) is 0 Å². The second kappa shape index (κ2) is 21.0. The molecule has 0 bridgehead atoms. The van der Waals surface area contributed by atoms with Crippen LogP contribution >= 0.6 is 0 Å². The molecule has 336 valence electrons. The molecule has 1 saturated heterocycles. The van der Waals surface area contributed by atoms with Crippen molar-refractivity contribution in [2.75, 3.05) is 20.2 Å². The second-order valence-electron chi connectivity index (χ2n) is 16.7. The van der Waals surface area contributed by atoms with E-state index in [4.69, 9.17) is 14.9 Å². The molecule has 5 amide bonds. The predicted octanol–water partition coefficient (Wildman–Crippen LogP) is 1.37. The van der Waals surface area contributed by atoms with Crippen LogP contribution in [0.3, 0.4) is 0 Å². The molecule has 2 aromatic rings. The van der Waals surface area contributed by atoms with Gasteiger partial charge in [-0.2, -0.15) is 0 Å². The molecule has 1 aliphatic carbocycles. The molecule has 18 nitrogen and oxygen atoms in total. The molecule has 19 heteroatoms. The van der Waals surface area contributed by atoms with Gasteiger partial charge in [-0.05, 0) is 95.5 Å². The second-order valence-corrected chi connectivity index (χ2v) is 18.3. The Labute approximate surface area is 358 Å². The number of benzene rings is 2. The summed E-state index contributed by atoms with van der Waals surface area (Å²) in [6.07, 6.45) is 0.838. The first kappa shape index (κ1) is 48.4. The Kier molecular flexibility index (Phi) is 16.7. The molecule has 2 aliphatic rings. The van der Waals surface area contributed by atoms with Crippen LogP contribution in [0.15, 0.2) is 41.3 Å². The van der Waals surface area contributed by atoms with E-state index in [0.717, 1.165) is 6.42 Å². The SMILES string of the molecule is COc1cc(C)c(S(=O)(=O)NC(=N)NCCC[C@@H]2NC(=O)C3(CCCCC3)NC(=O)[C@@H](Cc3ccccc3)NC(=O)[C@H](C[C@H](O)OC(C)(C)C)NC(=O)CNC2=O)c(C)c1C. The van der Waals surface area contributed by atoms with E-state index in [9.17, 15) is 37.5 Å². The van der Waals surface area contributed by atoms with Crippen molar-refractivity contribution in [1.29, 1.82) is 5.41 Å². The number of ether oxygens (including phenoxy) is 2. The minimum absolute atomic E-state index is 0.0121. The number of hydrogen-bond acceptors (Lipinski definition) is 11. The highest BCUT2D eigenvalue weighted by atomic mass is 32.2. The molecular weight excluding hydrogens is 809 g/mol. The number of carbonyl (C=O) groups is 5. The van der Waals surface area contributed by atoms with Gasteiger partial charge in [0.1, 0.15) is 29.4 Å². The van der Waals surface area contributed by atoms with Gasteiger partial charge in [0.25, 0.3) is 10.0 Å². The Hall–Kier alpha value is -5.27. The van der Waals surface area contributed by atoms with Crippen LogP contribution in [0.5, 0.6) is 5.75 Å². The normalized spacial score (nSPS) is 21.0. The summed E-state index contributed by atoms with van der Waals surface area (Å²) >= 11 is 0. The van der Waals surface area contributed by atoms with Crippen molar-refractivity contribution in [3.8, 4) is 5.75 Å². The minimum Gasteiger partial charge on any atom is -0.496 e.